The fourth-order valence-corrected chi connectivity index (χ4v) is 1.87. The van der Waals surface area contributed by atoms with Gasteiger partial charge < -0.3 is 15.3 Å². The maximum atomic E-state index is 9.89. The van der Waals surface area contributed by atoms with Crippen LogP contribution in [0.25, 0.3) is 11.1 Å². The first-order valence-corrected chi connectivity index (χ1v) is 5.32. The van der Waals surface area contributed by atoms with Gasteiger partial charge in [0.2, 0.25) is 0 Å². The summed E-state index contributed by atoms with van der Waals surface area (Å²) in [6.45, 7) is 3.80. The molecule has 0 bridgehead atoms. The van der Waals surface area contributed by atoms with Crippen LogP contribution in [-0.4, -0.2) is 15.3 Å². The lowest BCUT2D eigenvalue weighted by Crippen LogP contribution is -1.89. The highest BCUT2D eigenvalue weighted by molar-refractivity contribution is 5.79. The number of aryl methyl sites for hydroxylation is 1. The molecule has 0 amide bonds. The fourth-order valence-electron chi connectivity index (χ4n) is 1.87. The van der Waals surface area contributed by atoms with Gasteiger partial charge in [0, 0.05) is 11.1 Å². The summed E-state index contributed by atoms with van der Waals surface area (Å²) in [7, 11) is 0. The minimum absolute atomic E-state index is 0.0341. The third-order valence-electron chi connectivity index (χ3n) is 2.96. The second kappa shape index (κ2) is 4.01. The molecule has 0 aliphatic heterocycles. The third-order valence-corrected chi connectivity index (χ3v) is 2.96. The van der Waals surface area contributed by atoms with Crippen LogP contribution in [0.5, 0.6) is 17.2 Å². The molecule has 3 heteroatoms. The van der Waals surface area contributed by atoms with Gasteiger partial charge in [0.15, 0.2) is 0 Å². The van der Waals surface area contributed by atoms with Gasteiger partial charge in [0.05, 0.1) is 0 Å². The van der Waals surface area contributed by atoms with Gasteiger partial charge in [-0.25, -0.2) is 0 Å². The highest BCUT2D eigenvalue weighted by Crippen LogP contribution is 2.40. The van der Waals surface area contributed by atoms with Crippen LogP contribution in [0.3, 0.4) is 0 Å². The van der Waals surface area contributed by atoms with Crippen molar-refractivity contribution in [1.82, 2.24) is 0 Å². The quantitative estimate of drug-likeness (QED) is 0.660. The zero-order chi connectivity index (χ0) is 12.6. The summed E-state index contributed by atoms with van der Waals surface area (Å²) in [4.78, 5) is 0. The number of phenolic OH excluding ortho intramolecular Hbond substituents is 3. The summed E-state index contributed by atoms with van der Waals surface area (Å²) in [5, 5.41) is 29.2. The molecule has 0 unspecified atom stereocenters. The molecule has 0 fully saturated rings. The molecule has 2 aromatic carbocycles. The molecule has 0 saturated heterocycles. The number of benzene rings is 2. The summed E-state index contributed by atoms with van der Waals surface area (Å²) in [6.07, 6.45) is 0. The van der Waals surface area contributed by atoms with Crippen LogP contribution in [-0.2, 0) is 0 Å². The van der Waals surface area contributed by atoms with Crippen LogP contribution in [0.2, 0.25) is 0 Å². The first kappa shape index (κ1) is 11.3. The topological polar surface area (TPSA) is 60.7 Å². The zero-order valence-electron chi connectivity index (χ0n) is 9.73. The van der Waals surface area contributed by atoms with E-state index >= 15 is 0 Å². The first-order chi connectivity index (χ1) is 8.00. The molecular weight excluding hydrogens is 216 g/mol. The van der Waals surface area contributed by atoms with E-state index in [1.54, 1.807) is 6.07 Å². The van der Waals surface area contributed by atoms with Crippen LogP contribution >= 0.6 is 0 Å². The van der Waals surface area contributed by atoms with Crippen molar-refractivity contribution in [1.29, 1.82) is 0 Å². The van der Waals surface area contributed by atoms with Crippen LogP contribution in [0.15, 0.2) is 30.3 Å². The monoisotopic (exact) mass is 230 g/mol. The molecule has 0 saturated carbocycles. The summed E-state index contributed by atoms with van der Waals surface area (Å²) in [5.74, 6) is 0.180. The lowest BCUT2D eigenvalue weighted by molar-refractivity contribution is 0.459. The Bertz CT molecular complexity index is 574. The van der Waals surface area contributed by atoms with E-state index in [-0.39, 0.29) is 17.2 Å². The summed E-state index contributed by atoms with van der Waals surface area (Å²) >= 11 is 0. The van der Waals surface area contributed by atoms with Gasteiger partial charge in [-0.05, 0) is 49.2 Å². The van der Waals surface area contributed by atoms with Crippen molar-refractivity contribution in [2.24, 2.45) is 0 Å². The van der Waals surface area contributed by atoms with Gasteiger partial charge in [0.25, 0.3) is 0 Å². The molecule has 0 radical (unpaired) electrons. The van der Waals surface area contributed by atoms with E-state index in [0.29, 0.717) is 11.1 Å². The lowest BCUT2D eigenvalue weighted by Gasteiger charge is -2.12. The second-order valence-electron chi connectivity index (χ2n) is 4.10. The summed E-state index contributed by atoms with van der Waals surface area (Å²) in [6, 6.07) is 7.65. The summed E-state index contributed by atoms with van der Waals surface area (Å²) in [5.41, 5.74) is 2.88. The van der Waals surface area contributed by atoms with Gasteiger partial charge >= 0.3 is 0 Å². The van der Waals surface area contributed by atoms with Gasteiger partial charge in [-0.3, -0.25) is 0 Å². The average Bonchev–Trinajstić information content (AvgIpc) is 2.29. The van der Waals surface area contributed by atoms with Crippen LogP contribution in [0, 0.1) is 13.8 Å². The molecule has 0 atom stereocenters. The molecule has 0 aliphatic carbocycles. The normalized spacial score (nSPS) is 10.5. The first-order valence-electron chi connectivity index (χ1n) is 5.32. The van der Waals surface area contributed by atoms with Gasteiger partial charge in [0.1, 0.15) is 17.2 Å². The largest absolute Gasteiger partial charge is 0.508 e. The minimum Gasteiger partial charge on any atom is -0.508 e. The molecule has 0 aliphatic rings. The number of aromatic hydroxyl groups is 3. The smallest absolute Gasteiger partial charge is 0.123 e. The zero-order valence-corrected chi connectivity index (χ0v) is 9.73. The maximum Gasteiger partial charge on any atom is 0.123 e. The average molecular weight is 230 g/mol. The van der Waals surface area contributed by atoms with Crippen LogP contribution in [0.1, 0.15) is 11.1 Å². The van der Waals surface area contributed by atoms with Crippen molar-refractivity contribution >= 4 is 0 Å². The van der Waals surface area contributed by atoms with Crippen LogP contribution in [0.4, 0.5) is 0 Å². The third kappa shape index (κ3) is 1.91. The predicted octanol–water partition coefficient (Wildman–Crippen LogP) is 3.09. The van der Waals surface area contributed by atoms with E-state index in [1.807, 2.05) is 19.9 Å². The van der Waals surface area contributed by atoms with E-state index in [1.165, 1.54) is 18.2 Å². The fraction of sp³-hybridized carbons (Fsp3) is 0.143. The predicted molar refractivity (Wildman–Crippen MR) is 66.3 cm³/mol. The number of phenols is 3. The molecular formula is C14H14O3. The van der Waals surface area contributed by atoms with Crippen molar-refractivity contribution in [3.05, 3.63) is 41.5 Å². The Balaban J connectivity index is 2.76. The number of hydrogen-bond acceptors (Lipinski definition) is 3. The minimum atomic E-state index is 0.0341. The lowest BCUT2D eigenvalue weighted by atomic mass is 9.95. The van der Waals surface area contributed by atoms with E-state index in [9.17, 15) is 15.3 Å². The molecule has 0 aromatic heterocycles. The van der Waals surface area contributed by atoms with Gasteiger partial charge in [-0.2, -0.15) is 0 Å². The molecule has 0 heterocycles. The van der Waals surface area contributed by atoms with E-state index in [0.717, 1.165) is 11.1 Å². The highest BCUT2D eigenvalue weighted by atomic mass is 16.3. The SMILES string of the molecule is Cc1ccc(O)c(-c2cc(O)ccc2O)c1C. The maximum absolute atomic E-state index is 9.89. The standard InChI is InChI=1S/C14H14O3/c1-8-3-5-13(17)14(9(8)2)11-7-10(15)4-6-12(11)16/h3-7,15-17H,1-2H3. The molecule has 0 spiro atoms. The van der Waals surface area contributed by atoms with Gasteiger partial charge in [-0.1, -0.05) is 6.07 Å². The Hall–Kier alpha value is -2.16. The molecule has 3 N–H and O–H groups in total. The van der Waals surface area contributed by atoms with E-state index < -0.39 is 0 Å². The van der Waals surface area contributed by atoms with Crippen molar-refractivity contribution in [3.63, 3.8) is 0 Å². The van der Waals surface area contributed by atoms with E-state index in [2.05, 4.69) is 0 Å². The van der Waals surface area contributed by atoms with E-state index in [4.69, 9.17) is 0 Å². The summed E-state index contributed by atoms with van der Waals surface area (Å²) < 4.78 is 0. The number of rotatable bonds is 1. The van der Waals surface area contributed by atoms with Crippen LogP contribution < -0.4 is 0 Å². The Kier molecular flexibility index (Phi) is 2.68. The molecule has 17 heavy (non-hydrogen) atoms. The molecule has 2 aromatic rings. The Morgan fingerprint density at radius 2 is 1.47 bits per heavy atom. The molecule has 3 nitrogen and oxygen atoms in total. The molecule has 88 valence electrons. The van der Waals surface area contributed by atoms with Crippen molar-refractivity contribution in [2.45, 2.75) is 13.8 Å². The van der Waals surface area contributed by atoms with Crippen molar-refractivity contribution in [2.75, 3.05) is 0 Å². The number of hydrogen-bond donors (Lipinski definition) is 3. The highest BCUT2D eigenvalue weighted by Gasteiger charge is 2.13. The Morgan fingerprint density at radius 1 is 0.824 bits per heavy atom. The van der Waals surface area contributed by atoms with Crippen molar-refractivity contribution < 1.29 is 15.3 Å². The van der Waals surface area contributed by atoms with Gasteiger partial charge in [-0.15, -0.1) is 0 Å². The molecule has 2 rings (SSSR count). The van der Waals surface area contributed by atoms with Crippen molar-refractivity contribution in [3.8, 4) is 28.4 Å². The Morgan fingerprint density at radius 3 is 2.18 bits per heavy atom. The Labute approximate surface area is 99.6 Å². The second-order valence-corrected chi connectivity index (χ2v) is 4.10.